The highest BCUT2D eigenvalue weighted by Gasteiger charge is 2.36. The summed E-state index contributed by atoms with van der Waals surface area (Å²) < 4.78 is 93.5. The van der Waals surface area contributed by atoms with E-state index < -0.39 is 70.4 Å². The van der Waals surface area contributed by atoms with Gasteiger partial charge in [-0.2, -0.15) is 0 Å². The molecule has 4 aromatic carbocycles. The normalized spacial score (nSPS) is 11.3. The molecular weight excluding hydrogens is 634 g/mol. The van der Waals surface area contributed by atoms with Gasteiger partial charge >= 0.3 is 36.6 Å². The average Bonchev–Trinajstić information content (AvgIpc) is 2.96. The van der Waals surface area contributed by atoms with Gasteiger partial charge in [-0.05, 0) is 48.0 Å². The van der Waals surface area contributed by atoms with Crippen molar-refractivity contribution in [1.29, 1.82) is 0 Å². The second-order valence-electron chi connectivity index (χ2n) is 8.91. The summed E-state index contributed by atoms with van der Waals surface area (Å²) in [5.74, 6) is -8.72. The predicted molar refractivity (Wildman–Crippen MR) is 142 cm³/mol. The fraction of sp³-hybridized carbons (Fsp3) is 0.0667. The zero-order valence-corrected chi connectivity index (χ0v) is 22.5. The Hall–Kier alpha value is -6.06. The number of para-hydroxylation sites is 1. The molecule has 0 radical (unpaired) electrons. The Morgan fingerprint density at radius 2 is 1.02 bits per heavy atom. The molecule has 0 unspecified atom stereocenters. The van der Waals surface area contributed by atoms with Crippen LogP contribution in [0.25, 0.3) is 11.1 Å². The smallest absolute Gasteiger partial charge is 0.478 e. The van der Waals surface area contributed by atoms with Crippen LogP contribution in [0.3, 0.4) is 0 Å². The van der Waals surface area contributed by atoms with Crippen molar-refractivity contribution >= 4 is 23.9 Å². The summed E-state index contributed by atoms with van der Waals surface area (Å²) in [4.78, 5) is 47.8. The van der Waals surface area contributed by atoms with E-state index in [-0.39, 0.29) is 17.1 Å². The fourth-order valence-electron chi connectivity index (χ4n) is 3.93. The standard InChI is InChI=1S/C30H16F6O10/c31-29(32,33)45-27(41)16-9-11-21(19(13-16)25(37)38)43-23-8-4-7-18(15-5-2-1-3-6-15)24(23)44-22-12-10-17(14-20(22)26(39)40)28(42)46-30(34,35)36/h1-14H,(H,37,38)(H,39,40). The number of ether oxygens (including phenoxy) is 4. The lowest BCUT2D eigenvalue weighted by Gasteiger charge is -2.19. The second kappa shape index (κ2) is 12.9. The van der Waals surface area contributed by atoms with E-state index in [0.29, 0.717) is 17.7 Å². The van der Waals surface area contributed by atoms with Crippen molar-refractivity contribution in [3.05, 3.63) is 107 Å². The molecule has 0 spiro atoms. The molecule has 2 N–H and O–H groups in total. The minimum Gasteiger partial charge on any atom is -0.478 e. The monoisotopic (exact) mass is 650 g/mol. The van der Waals surface area contributed by atoms with Gasteiger partial charge in [-0.25, -0.2) is 19.2 Å². The molecule has 0 atom stereocenters. The molecule has 46 heavy (non-hydrogen) atoms. The van der Waals surface area contributed by atoms with Crippen molar-refractivity contribution in [2.45, 2.75) is 12.7 Å². The molecule has 0 aliphatic carbocycles. The zero-order valence-electron chi connectivity index (χ0n) is 22.5. The number of hydrogen-bond donors (Lipinski definition) is 2. The summed E-state index contributed by atoms with van der Waals surface area (Å²) >= 11 is 0. The Labute approximate surface area is 252 Å². The Morgan fingerprint density at radius 1 is 0.543 bits per heavy atom. The van der Waals surface area contributed by atoms with Gasteiger partial charge in [0.15, 0.2) is 11.5 Å². The number of carbonyl (C=O) groups is 4. The van der Waals surface area contributed by atoms with Crippen LogP contribution in [0.5, 0.6) is 23.0 Å². The first-order valence-corrected chi connectivity index (χ1v) is 12.4. The van der Waals surface area contributed by atoms with E-state index in [9.17, 15) is 55.7 Å². The lowest BCUT2D eigenvalue weighted by Crippen LogP contribution is -2.19. The van der Waals surface area contributed by atoms with Crippen LogP contribution in [0.2, 0.25) is 0 Å². The van der Waals surface area contributed by atoms with Gasteiger partial charge in [0.05, 0.1) is 11.1 Å². The number of aromatic carboxylic acids is 2. The summed E-state index contributed by atoms with van der Waals surface area (Å²) in [5.41, 5.74) is -2.39. The maximum absolute atomic E-state index is 12.5. The first-order valence-electron chi connectivity index (χ1n) is 12.4. The number of hydrogen-bond acceptors (Lipinski definition) is 8. The van der Waals surface area contributed by atoms with E-state index in [0.717, 1.165) is 24.3 Å². The number of carbonyl (C=O) groups excluding carboxylic acids is 2. The van der Waals surface area contributed by atoms with Crippen LogP contribution in [-0.2, 0) is 9.47 Å². The Bertz CT molecular complexity index is 1820. The van der Waals surface area contributed by atoms with E-state index >= 15 is 0 Å². The molecule has 4 aromatic rings. The van der Waals surface area contributed by atoms with Crippen molar-refractivity contribution in [2.75, 3.05) is 0 Å². The van der Waals surface area contributed by atoms with Crippen molar-refractivity contribution in [2.24, 2.45) is 0 Å². The van der Waals surface area contributed by atoms with Gasteiger partial charge in [-0.3, -0.25) is 0 Å². The number of alkyl halides is 6. The summed E-state index contributed by atoms with van der Waals surface area (Å²) in [5, 5.41) is 19.5. The highest BCUT2D eigenvalue weighted by atomic mass is 19.4. The minimum atomic E-state index is -5.35. The van der Waals surface area contributed by atoms with E-state index in [2.05, 4.69) is 9.47 Å². The molecule has 0 saturated carbocycles. The molecule has 0 aromatic heterocycles. The Morgan fingerprint density at radius 3 is 1.48 bits per heavy atom. The van der Waals surface area contributed by atoms with E-state index in [1.807, 2.05) is 0 Å². The Kier molecular flexibility index (Phi) is 9.20. The third-order valence-corrected chi connectivity index (χ3v) is 5.80. The molecule has 0 amide bonds. The van der Waals surface area contributed by atoms with Gasteiger partial charge in [-0.15, -0.1) is 26.3 Å². The molecule has 0 heterocycles. The van der Waals surface area contributed by atoms with Crippen molar-refractivity contribution in [1.82, 2.24) is 0 Å². The van der Waals surface area contributed by atoms with Crippen LogP contribution >= 0.6 is 0 Å². The molecule has 0 aliphatic heterocycles. The molecule has 0 fully saturated rings. The third-order valence-electron chi connectivity index (χ3n) is 5.80. The molecule has 4 rings (SSSR count). The lowest BCUT2D eigenvalue weighted by molar-refractivity contribution is -0.293. The largest absolute Gasteiger partial charge is 0.575 e. The van der Waals surface area contributed by atoms with Crippen LogP contribution in [-0.4, -0.2) is 46.8 Å². The molecule has 238 valence electrons. The summed E-state index contributed by atoms with van der Waals surface area (Å²) in [6, 6.07) is 16.9. The number of rotatable bonds is 9. The first-order chi connectivity index (χ1) is 21.5. The number of carboxylic acids is 2. The topological polar surface area (TPSA) is 146 Å². The second-order valence-corrected chi connectivity index (χ2v) is 8.91. The van der Waals surface area contributed by atoms with Gasteiger partial charge in [0.2, 0.25) is 0 Å². The van der Waals surface area contributed by atoms with E-state index in [1.54, 1.807) is 30.3 Å². The highest BCUT2D eigenvalue weighted by Crippen LogP contribution is 2.44. The molecule has 0 bridgehead atoms. The summed E-state index contributed by atoms with van der Waals surface area (Å²) in [6.45, 7) is 0. The fourth-order valence-corrected chi connectivity index (χ4v) is 3.93. The maximum Gasteiger partial charge on any atom is 0.575 e. The Balaban J connectivity index is 1.81. The quantitative estimate of drug-likeness (QED) is 0.137. The van der Waals surface area contributed by atoms with Gasteiger partial charge in [-0.1, -0.05) is 42.5 Å². The van der Waals surface area contributed by atoms with Crippen LogP contribution < -0.4 is 9.47 Å². The maximum atomic E-state index is 12.5. The molecule has 16 heteroatoms. The van der Waals surface area contributed by atoms with Gasteiger partial charge < -0.3 is 29.2 Å². The SMILES string of the molecule is O=C(OC(F)(F)F)c1ccc(Oc2cccc(-c3ccccc3)c2Oc2ccc(C(=O)OC(F)(F)F)cc2C(=O)O)c(C(=O)O)c1. The van der Waals surface area contributed by atoms with Crippen LogP contribution in [0.1, 0.15) is 41.4 Å². The minimum absolute atomic E-state index is 0.234. The van der Waals surface area contributed by atoms with Gasteiger partial charge in [0.1, 0.15) is 22.6 Å². The van der Waals surface area contributed by atoms with Crippen LogP contribution in [0.4, 0.5) is 26.3 Å². The molecule has 0 aliphatic rings. The molecule has 0 saturated heterocycles. The highest BCUT2D eigenvalue weighted by molar-refractivity contribution is 5.98. The summed E-state index contributed by atoms with van der Waals surface area (Å²) in [7, 11) is 0. The van der Waals surface area contributed by atoms with Gasteiger partial charge in [0.25, 0.3) is 0 Å². The number of halogens is 6. The predicted octanol–water partition coefficient (Wildman–Crippen LogP) is 7.69. The molecule has 10 nitrogen and oxygen atoms in total. The first kappa shape index (κ1) is 32.8. The van der Waals surface area contributed by atoms with Crippen molar-refractivity contribution in [3.8, 4) is 34.1 Å². The van der Waals surface area contributed by atoms with E-state index in [4.69, 9.17) is 9.47 Å². The number of carboxylic acid groups (broad SMARTS) is 2. The molecular formula is C30H16F6O10. The zero-order chi connectivity index (χ0) is 33.8. The lowest BCUT2D eigenvalue weighted by atomic mass is 10.0. The number of benzene rings is 4. The van der Waals surface area contributed by atoms with Crippen molar-refractivity contribution in [3.63, 3.8) is 0 Å². The third kappa shape index (κ3) is 8.10. The summed E-state index contributed by atoms with van der Waals surface area (Å²) in [6.07, 6.45) is -10.7. The van der Waals surface area contributed by atoms with Crippen LogP contribution in [0, 0.1) is 0 Å². The number of esters is 2. The van der Waals surface area contributed by atoms with E-state index in [1.165, 1.54) is 18.2 Å². The van der Waals surface area contributed by atoms with Crippen molar-refractivity contribution < 1.29 is 74.7 Å². The van der Waals surface area contributed by atoms with Gasteiger partial charge in [0, 0.05) is 5.56 Å². The van der Waals surface area contributed by atoms with Crippen LogP contribution in [0.15, 0.2) is 84.9 Å². The average molecular weight is 650 g/mol.